The lowest BCUT2D eigenvalue weighted by atomic mass is 9.70. The summed E-state index contributed by atoms with van der Waals surface area (Å²) in [4.78, 5) is 4.86. The number of fused-ring (bicyclic) bond motifs is 3. The third-order valence-electron chi connectivity index (χ3n) is 9.26. The summed E-state index contributed by atoms with van der Waals surface area (Å²) in [6.07, 6.45) is 4.62. The molecule has 1 N–H and O–H groups in total. The Labute approximate surface area is 192 Å². The molecule has 2 heterocycles. The Morgan fingerprint density at radius 3 is 2.56 bits per heavy atom. The summed E-state index contributed by atoms with van der Waals surface area (Å²) >= 11 is 0. The van der Waals surface area contributed by atoms with Gasteiger partial charge in [0.2, 0.25) is 6.79 Å². The number of hydrogen-bond donors (Lipinski definition) is 1. The highest BCUT2D eigenvalue weighted by atomic mass is 16.7. The van der Waals surface area contributed by atoms with Crippen molar-refractivity contribution in [2.75, 3.05) is 46.1 Å². The Kier molecular flexibility index (Phi) is 6.16. The first-order chi connectivity index (χ1) is 15.3. The number of aliphatic hydroxyl groups excluding tert-OH is 1. The van der Waals surface area contributed by atoms with Gasteiger partial charge in [0.25, 0.3) is 0 Å². The van der Waals surface area contributed by atoms with Crippen LogP contribution in [0.25, 0.3) is 0 Å². The fourth-order valence-corrected chi connectivity index (χ4v) is 6.55. The Morgan fingerprint density at radius 2 is 1.84 bits per heavy atom. The summed E-state index contributed by atoms with van der Waals surface area (Å²) in [6.45, 7) is 14.0. The van der Waals surface area contributed by atoms with Gasteiger partial charge in [0.15, 0.2) is 11.5 Å². The van der Waals surface area contributed by atoms with Crippen LogP contribution in [-0.4, -0.2) is 73.2 Å². The predicted octanol–water partition coefficient (Wildman–Crippen LogP) is 3.52. The molecule has 2 aliphatic heterocycles. The quantitative estimate of drug-likeness (QED) is 0.662. The molecule has 0 amide bonds. The molecular formula is C26H40N2O4. The van der Waals surface area contributed by atoms with E-state index in [0.717, 1.165) is 63.1 Å². The SMILES string of the molecule is CC1(C)[C@@H]2CC[C@]1(C)[C@H](OCC[C@H](O)CN1CCN(Cc3ccc4c(c3)OCO4)CC1)C2. The Balaban J connectivity index is 1.01. The molecule has 6 heteroatoms. The zero-order valence-electron chi connectivity index (χ0n) is 20.0. The van der Waals surface area contributed by atoms with E-state index in [0.29, 0.717) is 30.3 Å². The molecule has 6 nitrogen and oxygen atoms in total. The molecule has 5 rings (SSSR count). The summed E-state index contributed by atoms with van der Waals surface area (Å²) in [5.41, 5.74) is 1.95. The predicted molar refractivity (Wildman–Crippen MR) is 124 cm³/mol. The normalized spacial score (nSPS) is 32.5. The largest absolute Gasteiger partial charge is 0.454 e. The lowest BCUT2D eigenvalue weighted by molar-refractivity contribution is -0.0570. The lowest BCUT2D eigenvalue weighted by Gasteiger charge is -2.39. The van der Waals surface area contributed by atoms with Gasteiger partial charge in [-0.1, -0.05) is 26.8 Å². The van der Waals surface area contributed by atoms with Gasteiger partial charge in [-0.3, -0.25) is 9.80 Å². The molecule has 3 fully saturated rings. The second-order valence-electron chi connectivity index (χ2n) is 11.2. The van der Waals surface area contributed by atoms with Crippen molar-refractivity contribution in [1.82, 2.24) is 9.80 Å². The summed E-state index contributed by atoms with van der Waals surface area (Å²) < 4.78 is 17.2. The molecule has 2 aliphatic carbocycles. The van der Waals surface area contributed by atoms with E-state index >= 15 is 0 Å². The second kappa shape index (κ2) is 8.79. The average molecular weight is 445 g/mol. The molecule has 1 aromatic rings. The van der Waals surface area contributed by atoms with Gasteiger partial charge in [-0.15, -0.1) is 0 Å². The number of piperazine rings is 1. The molecule has 32 heavy (non-hydrogen) atoms. The van der Waals surface area contributed by atoms with Crippen molar-refractivity contribution in [2.24, 2.45) is 16.7 Å². The number of nitrogens with zero attached hydrogens (tertiary/aromatic N) is 2. The highest BCUT2D eigenvalue weighted by Crippen LogP contribution is 2.66. The molecule has 178 valence electrons. The van der Waals surface area contributed by atoms with E-state index in [4.69, 9.17) is 14.2 Å². The van der Waals surface area contributed by atoms with Crippen LogP contribution in [0.15, 0.2) is 18.2 Å². The molecule has 1 aromatic carbocycles. The van der Waals surface area contributed by atoms with E-state index in [1.807, 2.05) is 6.07 Å². The fraction of sp³-hybridized carbons (Fsp3) is 0.769. The van der Waals surface area contributed by atoms with Crippen LogP contribution in [0.2, 0.25) is 0 Å². The molecule has 0 aromatic heterocycles. The van der Waals surface area contributed by atoms with Crippen molar-refractivity contribution in [3.05, 3.63) is 23.8 Å². The van der Waals surface area contributed by atoms with E-state index in [2.05, 4.69) is 42.7 Å². The fourth-order valence-electron chi connectivity index (χ4n) is 6.55. The standard InChI is InChI=1S/C26H40N2O4/c1-25(2)20-6-8-26(25,3)24(15-20)30-13-7-21(29)17-28-11-9-27(10-12-28)16-19-4-5-22-23(14-19)32-18-31-22/h4-5,14,20-21,24,29H,6-13,15-18H2,1-3H3/t20-,21+,24-,26-/m1/s1. The number of β-amino-alcohol motifs (C(OH)–C–C–N with tert-alkyl or cyclic N) is 1. The molecule has 2 saturated carbocycles. The van der Waals surface area contributed by atoms with E-state index in [-0.39, 0.29) is 6.10 Å². The van der Waals surface area contributed by atoms with Gasteiger partial charge in [0, 0.05) is 45.9 Å². The van der Waals surface area contributed by atoms with Crippen molar-refractivity contribution < 1.29 is 19.3 Å². The number of rotatable bonds is 8. The highest BCUT2D eigenvalue weighted by molar-refractivity contribution is 5.44. The Morgan fingerprint density at radius 1 is 1.09 bits per heavy atom. The molecule has 0 unspecified atom stereocenters. The van der Waals surface area contributed by atoms with Crippen molar-refractivity contribution >= 4 is 0 Å². The molecular weight excluding hydrogens is 404 g/mol. The van der Waals surface area contributed by atoms with Gasteiger partial charge in [-0.25, -0.2) is 0 Å². The highest BCUT2D eigenvalue weighted by Gasteiger charge is 2.61. The first kappa shape index (κ1) is 22.5. The molecule has 0 radical (unpaired) electrons. The van der Waals surface area contributed by atoms with Crippen LogP contribution in [0.3, 0.4) is 0 Å². The number of aliphatic hydroxyl groups is 1. The van der Waals surface area contributed by atoms with Crippen LogP contribution in [-0.2, 0) is 11.3 Å². The van der Waals surface area contributed by atoms with Gasteiger partial charge in [-0.2, -0.15) is 0 Å². The van der Waals surface area contributed by atoms with Gasteiger partial charge >= 0.3 is 0 Å². The number of ether oxygens (including phenoxy) is 3. The lowest BCUT2D eigenvalue weighted by Crippen LogP contribution is -2.48. The summed E-state index contributed by atoms with van der Waals surface area (Å²) in [5.74, 6) is 2.50. The van der Waals surface area contributed by atoms with Gasteiger partial charge < -0.3 is 19.3 Å². The summed E-state index contributed by atoms with van der Waals surface area (Å²) in [5, 5.41) is 10.6. The molecule has 4 atom stereocenters. The summed E-state index contributed by atoms with van der Waals surface area (Å²) in [6, 6.07) is 6.22. The minimum absolute atomic E-state index is 0.303. The van der Waals surface area contributed by atoms with Crippen molar-refractivity contribution in [3.63, 3.8) is 0 Å². The van der Waals surface area contributed by atoms with Gasteiger partial charge in [-0.05, 0) is 60.1 Å². The van der Waals surface area contributed by atoms with Crippen LogP contribution in [0.4, 0.5) is 0 Å². The monoisotopic (exact) mass is 444 g/mol. The maximum Gasteiger partial charge on any atom is 0.231 e. The molecule has 1 saturated heterocycles. The van der Waals surface area contributed by atoms with Crippen LogP contribution >= 0.6 is 0 Å². The van der Waals surface area contributed by atoms with E-state index < -0.39 is 0 Å². The molecule has 4 aliphatic rings. The minimum atomic E-state index is -0.310. The van der Waals surface area contributed by atoms with Crippen molar-refractivity contribution in [1.29, 1.82) is 0 Å². The first-order valence-corrected chi connectivity index (χ1v) is 12.5. The number of hydrogen-bond acceptors (Lipinski definition) is 6. The van der Waals surface area contributed by atoms with E-state index in [1.54, 1.807) is 0 Å². The van der Waals surface area contributed by atoms with E-state index in [1.165, 1.54) is 24.8 Å². The maximum absolute atomic E-state index is 10.6. The topological polar surface area (TPSA) is 54.4 Å². The van der Waals surface area contributed by atoms with E-state index in [9.17, 15) is 5.11 Å². The molecule has 0 spiro atoms. The Bertz CT molecular complexity index is 807. The first-order valence-electron chi connectivity index (χ1n) is 12.5. The van der Waals surface area contributed by atoms with Crippen molar-refractivity contribution in [2.45, 2.75) is 65.2 Å². The number of benzene rings is 1. The molecule has 2 bridgehead atoms. The Hall–Kier alpha value is -1.34. The second-order valence-corrected chi connectivity index (χ2v) is 11.2. The summed E-state index contributed by atoms with van der Waals surface area (Å²) in [7, 11) is 0. The van der Waals surface area contributed by atoms with Crippen LogP contribution < -0.4 is 9.47 Å². The minimum Gasteiger partial charge on any atom is -0.454 e. The van der Waals surface area contributed by atoms with Gasteiger partial charge in [0.1, 0.15) is 0 Å². The van der Waals surface area contributed by atoms with Crippen LogP contribution in [0.5, 0.6) is 11.5 Å². The maximum atomic E-state index is 10.6. The zero-order chi connectivity index (χ0) is 22.3. The van der Waals surface area contributed by atoms with Gasteiger partial charge in [0.05, 0.1) is 12.2 Å². The smallest absolute Gasteiger partial charge is 0.231 e. The van der Waals surface area contributed by atoms with Crippen LogP contribution in [0.1, 0.15) is 52.0 Å². The average Bonchev–Trinajstić information content (AvgIpc) is 3.37. The van der Waals surface area contributed by atoms with Crippen LogP contribution in [0, 0.1) is 16.7 Å². The zero-order valence-corrected chi connectivity index (χ0v) is 20.0. The third kappa shape index (κ3) is 4.15. The van der Waals surface area contributed by atoms with Crippen molar-refractivity contribution in [3.8, 4) is 11.5 Å². The third-order valence-corrected chi connectivity index (χ3v) is 9.26.